The highest BCUT2D eigenvalue weighted by atomic mass is 35.5. The molecule has 1 atom stereocenters. The summed E-state index contributed by atoms with van der Waals surface area (Å²) in [6.07, 6.45) is 1.76. The average molecular weight is 568 g/mol. The smallest absolute Gasteiger partial charge is 0.258 e. The first-order chi connectivity index (χ1) is 19.1. The lowest BCUT2D eigenvalue weighted by Crippen LogP contribution is -2.61. The van der Waals surface area contributed by atoms with Gasteiger partial charge in [-0.2, -0.15) is 0 Å². The normalized spacial score (nSPS) is 20.6. The number of piperidine rings is 1. The number of likely N-dealkylation sites (tertiary alicyclic amines) is 2. The van der Waals surface area contributed by atoms with Gasteiger partial charge in [-0.25, -0.2) is 0 Å². The molecule has 0 bridgehead atoms. The number of aliphatic hydroxyl groups is 1. The first-order valence-electron chi connectivity index (χ1n) is 14.1. The van der Waals surface area contributed by atoms with Gasteiger partial charge in [0.05, 0.1) is 16.6 Å². The largest absolute Gasteiger partial charge is 0.380 e. The Morgan fingerprint density at radius 2 is 1.52 bits per heavy atom. The van der Waals surface area contributed by atoms with E-state index in [9.17, 15) is 19.5 Å². The molecule has 3 aliphatic rings. The van der Waals surface area contributed by atoms with E-state index in [-0.39, 0.29) is 23.8 Å². The Hall–Kier alpha value is -3.14. The van der Waals surface area contributed by atoms with Gasteiger partial charge in [0, 0.05) is 71.0 Å². The summed E-state index contributed by atoms with van der Waals surface area (Å²) in [6, 6.07) is 15.3. The maximum absolute atomic E-state index is 13.1. The monoisotopic (exact) mass is 567 g/mol. The molecule has 2 aromatic carbocycles. The number of carbonyl (C=O) groups excluding carboxylic acids is 3. The molecule has 3 heterocycles. The van der Waals surface area contributed by atoms with E-state index in [1.54, 1.807) is 46.7 Å². The Kier molecular flexibility index (Phi) is 8.35. The lowest BCUT2D eigenvalue weighted by atomic mass is 9.92. The molecule has 0 aromatic heterocycles. The number of carbonyl (C=O) groups is 3. The molecule has 3 aliphatic heterocycles. The van der Waals surface area contributed by atoms with Crippen molar-refractivity contribution in [2.24, 2.45) is 0 Å². The van der Waals surface area contributed by atoms with E-state index >= 15 is 0 Å². The molecule has 0 radical (unpaired) electrons. The molecule has 2 aromatic rings. The van der Waals surface area contributed by atoms with Crippen LogP contribution in [0.15, 0.2) is 48.5 Å². The number of rotatable bonds is 6. The molecule has 3 amide bonds. The topological polar surface area (TPSA) is 96.4 Å². The summed E-state index contributed by atoms with van der Waals surface area (Å²) in [5.74, 6) is -0.314. The van der Waals surface area contributed by atoms with E-state index in [0.29, 0.717) is 61.5 Å². The minimum atomic E-state index is -1.52. The SMILES string of the molecule is CC(=O)N1CCN(C(=O)c2ccc(NC3CN(C4CCN(C(=O)C(C)(O)c5ccccc5)CC4)C3)cc2Cl)CC1. The zero-order chi connectivity index (χ0) is 28.4. The van der Waals surface area contributed by atoms with Gasteiger partial charge < -0.3 is 25.1 Å². The van der Waals surface area contributed by atoms with Crippen LogP contribution in [0.4, 0.5) is 5.69 Å². The van der Waals surface area contributed by atoms with Crippen LogP contribution in [0.3, 0.4) is 0 Å². The Labute approximate surface area is 240 Å². The summed E-state index contributed by atoms with van der Waals surface area (Å²) in [5.41, 5.74) is 0.456. The van der Waals surface area contributed by atoms with Gasteiger partial charge in [0.25, 0.3) is 11.8 Å². The van der Waals surface area contributed by atoms with Crippen molar-refractivity contribution in [2.45, 2.75) is 44.4 Å². The van der Waals surface area contributed by atoms with Crippen LogP contribution in [0.1, 0.15) is 42.6 Å². The van der Waals surface area contributed by atoms with E-state index in [1.807, 2.05) is 30.3 Å². The third-order valence-corrected chi connectivity index (χ3v) is 8.83. The molecule has 40 heavy (non-hydrogen) atoms. The molecular formula is C30H38ClN5O4. The summed E-state index contributed by atoms with van der Waals surface area (Å²) in [5, 5.41) is 14.9. The lowest BCUT2D eigenvalue weighted by Gasteiger charge is -2.48. The van der Waals surface area contributed by atoms with Crippen LogP contribution in [0.5, 0.6) is 0 Å². The van der Waals surface area contributed by atoms with Crippen molar-refractivity contribution in [3.05, 3.63) is 64.7 Å². The van der Waals surface area contributed by atoms with E-state index < -0.39 is 5.60 Å². The van der Waals surface area contributed by atoms with Gasteiger partial charge in [-0.15, -0.1) is 0 Å². The second-order valence-corrected chi connectivity index (χ2v) is 11.7. The highest BCUT2D eigenvalue weighted by molar-refractivity contribution is 6.34. The van der Waals surface area contributed by atoms with E-state index in [1.165, 1.54) is 0 Å². The Balaban J connectivity index is 1.07. The van der Waals surface area contributed by atoms with Crippen LogP contribution >= 0.6 is 11.6 Å². The van der Waals surface area contributed by atoms with Crippen molar-refractivity contribution in [3.63, 3.8) is 0 Å². The quantitative estimate of drug-likeness (QED) is 0.557. The number of benzene rings is 2. The number of nitrogens with one attached hydrogen (secondary N) is 1. The third kappa shape index (κ3) is 5.96. The third-order valence-electron chi connectivity index (χ3n) is 8.51. The van der Waals surface area contributed by atoms with Crippen LogP contribution in [-0.2, 0) is 15.2 Å². The summed E-state index contributed by atoms with van der Waals surface area (Å²) in [7, 11) is 0. The molecular weight excluding hydrogens is 530 g/mol. The first-order valence-corrected chi connectivity index (χ1v) is 14.4. The van der Waals surface area contributed by atoms with Crippen LogP contribution in [-0.4, -0.2) is 107 Å². The van der Waals surface area contributed by atoms with Crippen molar-refractivity contribution in [2.75, 3.05) is 57.7 Å². The van der Waals surface area contributed by atoms with Crippen molar-refractivity contribution in [1.82, 2.24) is 19.6 Å². The number of anilines is 1. The Morgan fingerprint density at radius 3 is 2.12 bits per heavy atom. The fourth-order valence-electron chi connectivity index (χ4n) is 5.94. The van der Waals surface area contributed by atoms with E-state index in [2.05, 4.69) is 10.2 Å². The second-order valence-electron chi connectivity index (χ2n) is 11.2. The number of amides is 3. The summed E-state index contributed by atoms with van der Waals surface area (Å²) in [4.78, 5) is 45.3. The summed E-state index contributed by atoms with van der Waals surface area (Å²) in [6.45, 7) is 8.30. The van der Waals surface area contributed by atoms with E-state index in [0.717, 1.165) is 31.6 Å². The average Bonchev–Trinajstić information content (AvgIpc) is 2.94. The zero-order valence-corrected chi connectivity index (χ0v) is 23.9. The highest BCUT2D eigenvalue weighted by Crippen LogP contribution is 2.29. The molecule has 2 N–H and O–H groups in total. The van der Waals surface area contributed by atoms with Crippen molar-refractivity contribution in [3.8, 4) is 0 Å². The molecule has 0 aliphatic carbocycles. The van der Waals surface area contributed by atoms with Gasteiger partial charge >= 0.3 is 0 Å². The van der Waals surface area contributed by atoms with Gasteiger partial charge in [0.15, 0.2) is 5.60 Å². The number of hydrogen-bond acceptors (Lipinski definition) is 6. The highest BCUT2D eigenvalue weighted by Gasteiger charge is 2.40. The molecule has 5 rings (SSSR count). The van der Waals surface area contributed by atoms with Crippen LogP contribution in [0.2, 0.25) is 5.02 Å². The number of hydrogen-bond donors (Lipinski definition) is 2. The molecule has 3 fully saturated rings. The molecule has 10 heteroatoms. The molecule has 9 nitrogen and oxygen atoms in total. The molecule has 214 valence electrons. The van der Waals surface area contributed by atoms with Gasteiger partial charge in [-0.05, 0) is 43.5 Å². The zero-order valence-electron chi connectivity index (χ0n) is 23.2. The van der Waals surface area contributed by atoms with Crippen molar-refractivity contribution >= 4 is 35.0 Å². The van der Waals surface area contributed by atoms with Crippen molar-refractivity contribution < 1.29 is 19.5 Å². The molecule has 0 saturated carbocycles. The Morgan fingerprint density at radius 1 is 0.900 bits per heavy atom. The van der Waals surface area contributed by atoms with Gasteiger partial charge in [-0.1, -0.05) is 41.9 Å². The van der Waals surface area contributed by atoms with Crippen LogP contribution < -0.4 is 5.32 Å². The minimum Gasteiger partial charge on any atom is -0.380 e. The summed E-state index contributed by atoms with van der Waals surface area (Å²) >= 11 is 6.52. The second kappa shape index (κ2) is 11.8. The number of halogens is 1. The van der Waals surface area contributed by atoms with Crippen molar-refractivity contribution in [1.29, 1.82) is 0 Å². The van der Waals surface area contributed by atoms with E-state index in [4.69, 9.17) is 11.6 Å². The van der Waals surface area contributed by atoms with Gasteiger partial charge in [0.1, 0.15) is 0 Å². The predicted molar refractivity (Wildman–Crippen MR) is 154 cm³/mol. The number of piperazine rings is 1. The fourth-order valence-corrected chi connectivity index (χ4v) is 6.20. The molecule has 0 spiro atoms. The lowest BCUT2D eigenvalue weighted by molar-refractivity contribution is -0.152. The van der Waals surface area contributed by atoms with Gasteiger partial charge in [0.2, 0.25) is 5.91 Å². The predicted octanol–water partition coefficient (Wildman–Crippen LogP) is 2.64. The number of nitrogens with zero attached hydrogens (tertiary/aromatic N) is 4. The Bertz CT molecular complexity index is 1230. The maximum atomic E-state index is 13.1. The maximum Gasteiger partial charge on any atom is 0.258 e. The fraction of sp³-hybridized carbons (Fsp3) is 0.500. The molecule has 1 unspecified atom stereocenters. The minimum absolute atomic E-state index is 0.0313. The first kappa shape index (κ1) is 28.4. The van der Waals surface area contributed by atoms with Gasteiger partial charge in [-0.3, -0.25) is 19.3 Å². The van der Waals surface area contributed by atoms with Crippen LogP contribution in [0.25, 0.3) is 0 Å². The van der Waals surface area contributed by atoms with Crippen LogP contribution in [0, 0.1) is 0 Å². The summed E-state index contributed by atoms with van der Waals surface area (Å²) < 4.78 is 0. The molecule has 3 saturated heterocycles. The standard InChI is InChI=1S/C30H38ClN5O4/c1-21(37)33-14-16-34(17-15-33)28(38)26-9-8-23(18-27(26)31)32-24-19-36(20-24)25-10-12-35(13-11-25)29(39)30(2,40)22-6-4-3-5-7-22/h3-9,18,24-25,32,40H,10-17,19-20H2,1-2H3.